The number of aromatic nitrogens is 2. The first kappa shape index (κ1) is 22.7. The van der Waals surface area contributed by atoms with Crippen LogP contribution in [0.25, 0.3) is 23.2 Å². The minimum Gasteiger partial charge on any atom is -0.497 e. The lowest BCUT2D eigenvalue weighted by atomic mass is 9.99. The Morgan fingerprint density at radius 2 is 1.64 bits per heavy atom. The molecule has 0 saturated heterocycles. The van der Waals surface area contributed by atoms with E-state index in [9.17, 15) is 0 Å². The molecule has 0 fully saturated rings. The van der Waals surface area contributed by atoms with Gasteiger partial charge in [-0.1, -0.05) is 56.3 Å². The van der Waals surface area contributed by atoms with Gasteiger partial charge in [-0.05, 0) is 72.4 Å². The maximum absolute atomic E-state index is 6.01. The van der Waals surface area contributed by atoms with Crippen LogP contribution in [0, 0.1) is 0 Å². The molecule has 0 spiro atoms. The van der Waals surface area contributed by atoms with Crippen LogP contribution < -0.4 is 9.47 Å². The summed E-state index contributed by atoms with van der Waals surface area (Å²) < 4.78 is 13.5. The van der Waals surface area contributed by atoms with E-state index < -0.39 is 0 Å². The van der Waals surface area contributed by atoms with Crippen molar-refractivity contribution in [3.63, 3.8) is 0 Å². The summed E-state index contributed by atoms with van der Waals surface area (Å²) in [7, 11) is 1.68. The molecule has 4 aromatic rings. The van der Waals surface area contributed by atoms with E-state index in [1.807, 2.05) is 30.3 Å². The molecule has 33 heavy (non-hydrogen) atoms. The molecule has 4 rings (SSSR count). The highest BCUT2D eigenvalue weighted by Gasteiger charge is 2.08. The number of benzene rings is 3. The third-order valence-corrected chi connectivity index (χ3v) is 6.08. The van der Waals surface area contributed by atoms with Gasteiger partial charge < -0.3 is 14.0 Å². The SMILES string of the molecule is CCC(C)c1ccc(OCCCn2c(/C=C/c3ccc(OC)cc3)nc3ccccc32)cc1. The van der Waals surface area contributed by atoms with Crippen LogP contribution in [-0.2, 0) is 6.54 Å². The van der Waals surface area contributed by atoms with Crippen molar-refractivity contribution in [2.24, 2.45) is 0 Å². The quantitative estimate of drug-likeness (QED) is 0.245. The van der Waals surface area contributed by atoms with Crippen molar-refractivity contribution in [3.8, 4) is 11.5 Å². The Balaban J connectivity index is 1.42. The van der Waals surface area contributed by atoms with Crippen molar-refractivity contribution in [1.82, 2.24) is 9.55 Å². The van der Waals surface area contributed by atoms with Gasteiger partial charge in [0.25, 0.3) is 0 Å². The highest BCUT2D eigenvalue weighted by atomic mass is 16.5. The largest absolute Gasteiger partial charge is 0.497 e. The molecule has 0 radical (unpaired) electrons. The summed E-state index contributed by atoms with van der Waals surface area (Å²) in [6.45, 7) is 5.98. The number of hydrogen-bond acceptors (Lipinski definition) is 3. The van der Waals surface area contributed by atoms with Crippen molar-refractivity contribution in [3.05, 3.63) is 89.7 Å². The summed E-state index contributed by atoms with van der Waals surface area (Å²) in [5.41, 5.74) is 4.62. The molecule has 0 aliphatic rings. The molecule has 1 unspecified atom stereocenters. The summed E-state index contributed by atoms with van der Waals surface area (Å²) in [4.78, 5) is 4.84. The summed E-state index contributed by atoms with van der Waals surface area (Å²) in [5, 5.41) is 0. The molecular weight excluding hydrogens is 408 g/mol. The first-order valence-electron chi connectivity index (χ1n) is 11.7. The molecule has 170 valence electrons. The Morgan fingerprint density at radius 1 is 0.909 bits per heavy atom. The molecule has 4 heteroatoms. The third-order valence-electron chi connectivity index (χ3n) is 6.08. The lowest BCUT2D eigenvalue weighted by Crippen LogP contribution is -2.06. The monoisotopic (exact) mass is 440 g/mol. The number of rotatable bonds is 10. The zero-order valence-electron chi connectivity index (χ0n) is 19.7. The summed E-state index contributed by atoms with van der Waals surface area (Å²) >= 11 is 0. The highest BCUT2D eigenvalue weighted by molar-refractivity contribution is 5.79. The average Bonchev–Trinajstić information content (AvgIpc) is 3.23. The fourth-order valence-electron chi connectivity index (χ4n) is 3.88. The zero-order valence-corrected chi connectivity index (χ0v) is 19.7. The number of methoxy groups -OCH3 is 1. The van der Waals surface area contributed by atoms with E-state index in [0.717, 1.165) is 53.3 Å². The molecule has 1 aromatic heterocycles. The van der Waals surface area contributed by atoms with E-state index in [2.05, 4.69) is 73.0 Å². The van der Waals surface area contributed by atoms with Crippen molar-refractivity contribution in [1.29, 1.82) is 0 Å². The Bertz CT molecular complexity index is 1190. The minimum atomic E-state index is 0.581. The van der Waals surface area contributed by atoms with Gasteiger partial charge in [0.2, 0.25) is 0 Å². The predicted molar refractivity (Wildman–Crippen MR) is 137 cm³/mol. The second-order valence-corrected chi connectivity index (χ2v) is 8.30. The van der Waals surface area contributed by atoms with Crippen molar-refractivity contribution < 1.29 is 9.47 Å². The standard InChI is InChI=1S/C29H32N2O2/c1-4-22(2)24-13-17-26(18-14-24)33-21-7-20-31-28-9-6-5-8-27(28)30-29(31)19-12-23-10-15-25(32-3)16-11-23/h5-6,8-19,22H,4,7,20-21H2,1-3H3/b19-12+. The van der Waals surface area contributed by atoms with Gasteiger partial charge in [0, 0.05) is 6.54 Å². The fraction of sp³-hybridized carbons (Fsp3) is 0.276. The number of imidazole rings is 1. The molecule has 0 bridgehead atoms. The maximum Gasteiger partial charge on any atom is 0.133 e. The van der Waals surface area contributed by atoms with E-state index in [4.69, 9.17) is 14.5 Å². The van der Waals surface area contributed by atoms with E-state index in [0.29, 0.717) is 12.5 Å². The molecule has 3 aromatic carbocycles. The topological polar surface area (TPSA) is 36.3 Å². The molecule has 4 nitrogen and oxygen atoms in total. The van der Waals surface area contributed by atoms with Crippen molar-refractivity contribution in [2.45, 2.75) is 39.2 Å². The molecule has 0 saturated carbocycles. The summed E-state index contributed by atoms with van der Waals surface area (Å²) in [6.07, 6.45) is 6.22. The fourth-order valence-corrected chi connectivity index (χ4v) is 3.88. The van der Waals surface area contributed by atoms with Crippen LogP contribution in [0.15, 0.2) is 72.8 Å². The number of hydrogen-bond donors (Lipinski definition) is 0. The third kappa shape index (κ3) is 5.64. The number of aryl methyl sites for hydroxylation is 1. The van der Waals surface area contributed by atoms with Gasteiger partial charge in [0.05, 0.1) is 24.8 Å². The van der Waals surface area contributed by atoms with Gasteiger partial charge in [-0.3, -0.25) is 0 Å². The molecule has 1 heterocycles. The number of ether oxygens (including phenoxy) is 2. The van der Waals surface area contributed by atoms with Crippen LogP contribution in [0.1, 0.15) is 49.6 Å². The molecule has 1 atom stereocenters. The number of nitrogens with zero attached hydrogens (tertiary/aromatic N) is 2. The maximum atomic E-state index is 6.01. The Hall–Kier alpha value is -3.53. The van der Waals surface area contributed by atoms with Gasteiger partial charge in [0.1, 0.15) is 17.3 Å². The second kappa shape index (κ2) is 10.9. The Morgan fingerprint density at radius 3 is 2.36 bits per heavy atom. The van der Waals surface area contributed by atoms with Crippen LogP contribution in [0.4, 0.5) is 0 Å². The molecule has 0 amide bonds. The van der Waals surface area contributed by atoms with Crippen molar-refractivity contribution >= 4 is 23.2 Å². The first-order valence-corrected chi connectivity index (χ1v) is 11.7. The van der Waals surface area contributed by atoms with Crippen LogP contribution in [0.2, 0.25) is 0 Å². The molecule has 0 aliphatic heterocycles. The average molecular weight is 441 g/mol. The van der Waals surface area contributed by atoms with E-state index in [1.54, 1.807) is 7.11 Å². The Labute approximate surface area is 196 Å². The normalized spacial score (nSPS) is 12.3. The molecule has 0 aliphatic carbocycles. The number of fused-ring (bicyclic) bond motifs is 1. The van der Waals surface area contributed by atoms with E-state index >= 15 is 0 Å². The lowest BCUT2D eigenvalue weighted by Gasteiger charge is -2.11. The predicted octanol–water partition coefficient (Wildman–Crippen LogP) is 7.20. The first-order chi connectivity index (χ1) is 16.2. The van der Waals surface area contributed by atoms with Gasteiger partial charge in [-0.15, -0.1) is 0 Å². The van der Waals surface area contributed by atoms with E-state index in [1.165, 1.54) is 5.56 Å². The van der Waals surface area contributed by atoms with Gasteiger partial charge in [-0.2, -0.15) is 0 Å². The minimum absolute atomic E-state index is 0.581. The number of para-hydroxylation sites is 2. The zero-order chi connectivity index (χ0) is 23.0. The Kier molecular flexibility index (Phi) is 7.46. The summed E-state index contributed by atoms with van der Waals surface area (Å²) in [6, 6.07) is 24.8. The van der Waals surface area contributed by atoms with E-state index in [-0.39, 0.29) is 0 Å². The highest BCUT2D eigenvalue weighted by Crippen LogP contribution is 2.22. The van der Waals surface area contributed by atoms with Gasteiger partial charge in [-0.25, -0.2) is 4.98 Å². The molecule has 0 N–H and O–H groups in total. The smallest absolute Gasteiger partial charge is 0.133 e. The second-order valence-electron chi connectivity index (χ2n) is 8.30. The van der Waals surface area contributed by atoms with Crippen LogP contribution >= 0.6 is 0 Å². The van der Waals surface area contributed by atoms with Crippen LogP contribution in [0.5, 0.6) is 11.5 Å². The van der Waals surface area contributed by atoms with Crippen LogP contribution in [-0.4, -0.2) is 23.3 Å². The lowest BCUT2D eigenvalue weighted by molar-refractivity contribution is 0.302. The van der Waals surface area contributed by atoms with Crippen molar-refractivity contribution in [2.75, 3.05) is 13.7 Å². The molecular formula is C29H32N2O2. The van der Waals surface area contributed by atoms with Crippen LogP contribution in [0.3, 0.4) is 0 Å². The van der Waals surface area contributed by atoms with Gasteiger partial charge >= 0.3 is 0 Å². The summed E-state index contributed by atoms with van der Waals surface area (Å²) in [5.74, 6) is 3.31. The van der Waals surface area contributed by atoms with Gasteiger partial charge in [0.15, 0.2) is 0 Å².